The van der Waals surface area contributed by atoms with Crippen molar-refractivity contribution < 1.29 is 14.3 Å². The van der Waals surface area contributed by atoms with E-state index in [0.29, 0.717) is 18.6 Å². The molecule has 3 rings (SSSR count). The Balaban J connectivity index is 1.54. The molecule has 0 spiro atoms. The highest BCUT2D eigenvalue weighted by atomic mass is 16.5. The molecule has 2 atom stereocenters. The highest BCUT2D eigenvalue weighted by Crippen LogP contribution is 2.29. The summed E-state index contributed by atoms with van der Waals surface area (Å²) < 4.78 is 5.33. The topological polar surface area (TPSA) is 61.9 Å². The Morgan fingerprint density at radius 3 is 2.48 bits per heavy atom. The van der Waals surface area contributed by atoms with Crippen LogP contribution in [0.3, 0.4) is 0 Å². The minimum atomic E-state index is 0.121. The quantitative estimate of drug-likeness (QED) is 0.830. The van der Waals surface area contributed by atoms with Crippen LogP contribution in [0.5, 0.6) is 0 Å². The molecule has 0 aromatic heterocycles. The summed E-state index contributed by atoms with van der Waals surface area (Å²) in [5.74, 6) is 0.294. The number of carbonyl (C=O) groups is 2. The number of hydrogen-bond acceptors (Lipinski definition) is 4. The summed E-state index contributed by atoms with van der Waals surface area (Å²) >= 11 is 0. The molecule has 130 valence electrons. The minimum Gasteiger partial charge on any atom is -0.381 e. The molecule has 0 radical (unpaired) electrons. The van der Waals surface area contributed by atoms with Gasteiger partial charge in [-0.1, -0.05) is 0 Å². The van der Waals surface area contributed by atoms with Crippen molar-refractivity contribution in [1.29, 1.82) is 0 Å². The average molecular weight is 323 g/mol. The first-order valence-corrected chi connectivity index (χ1v) is 9.03. The Hall–Kier alpha value is -1.14. The van der Waals surface area contributed by atoms with Crippen molar-refractivity contribution in [2.45, 2.75) is 63.6 Å². The van der Waals surface area contributed by atoms with Gasteiger partial charge in [0.15, 0.2) is 0 Å². The van der Waals surface area contributed by atoms with E-state index in [4.69, 9.17) is 4.74 Å². The van der Waals surface area contributed by atoms with Crippen LogP contribution in [0, 0.1) is 0 Å². The summed E-state index contributed by atoms with van der Waals surface area (Å²) in [6, 6.07) is 0.908. The maximum absolute atomic E-state index is 12.4. The van der Waals surface area contributed by atoms with Crippen molar-refractivity contribution >= 4 is 11.8 Å². The lowest BCUT2D eigenvalue weighted by atomic mass is 10.0. The first-order chi connectivity index (χ1) is 11.1. The molecular weight excluding hydrogens is 294 g/mol. The summed E-state index contributed by atoms with van der Waals surface area (Å²) in [4.78, 5) is 28.5. The number of carbonyl (C=O) groups excluding carboxylic acids is 2. The standard InChI is InChI=1S/C17H29N3O3/c1-13(21)20-9-3-5-16(20)15-4-2-8-19(15)12-17(22)18-14-6-10-23-11-7-14/h14-16H,2-12H2,1H3,(H,18,22)/t15-,16+/m0/s1. The SMILES string of the molecule is CC(=O)N1CCC[C@@H]1[C@@H]1CCCN1CC(=O)NC1CCOCC1. The molecule has 1 N–H and O–H groups in total. The van der Waals surface area contributed by atoms with Gasteiger partial charge in [-0.25, -0.2) is 0 Å². The fourth-order valence-corrected chi connectivity index (χ4v) is 4.37. The van der Waals surface area contributed by atoms with Gasteiger partial charge in [0, 0.05) is 44.8 Å². The van der Waals surface area contributed by atoms with Gasteiger partial charge < -0.3 is 15.0 Å². The predicted octanol–water partition coefficient (Wildman–Crippen LogP) is 0.757. The zero-order valence-corrected chi connectivity index (χ0v) is 14.1. The van der Waals surface area contributed by atoms with Gasteiger partial charge in [-0.3, -0.25) is 14.5 Å². The van der Waals surface area contributed by atoms with E-state index in [1.165, 1.54) is 0 Å². The largest absolute Gasteiger partial charge is 0.381 e. The van der Waals surface area contributed by atoms with Gasteiger partial charge in [0.2, 0.25) is 11.8 Å². The lowest BCUT2D eigenvalue weighted by Gasteiger charge is -2.34. The molecule has 0 aromatic carbocycles. The Morgan fingerprint density at radius 1 is 1.04 bits per heavy atom. The van der Waals surface area contributed by atoms with E-state index >= 15 is 0 Å². The van der Waals surface area contributed by atoms with Gasteiger partial charge >= 0.3 is 0 Å². The van der Waals surface area contributed by atoms with Crippen LogP contribution >= 0.6 is 0 Å². The van der Waals surface area contributed by atoms with E-state index in [1.54, 1.807) is 6.92 Å². The molecule has 0 saturated carbocycles. The number of ether oxygens (including phenoxy) is 1. The number of amides is 2. The summed E-state index contributed by atoms with van der Waals surface area (Å²) in [7, 11) is 0. The number of rotatable bonds is 4. The lowest BCUT2D eigenvalue weighted by molar-refractivity contribution is -0.130. The zero-order chi connectivity index (χ0) is 16.2. The third kappa shape index (κ3) is 4.04. The first kappa shape index (κ1) is 16.7. The molecule has 3 aliphatic heterocycles. The van der Waals surface area contributed by atoms with E-state index in [9.17, 15) is 9.59 Å². The van der Waals surface area contributed by atoms with Crippen LogP contribution in [0.2, 0.25) is 0 Å². The fourth-order valence-electron chi connectivity index (χ4n) is 4.37. The van der Waals surface area contributed by atoms with Crippen molar-refractivity contribution in [2.24, 2.45) is 0 Å². The van der Waals surface area contributed by atoms with Crippen molar-refractivity contribution in [2.75, 3.05) is 32.8 Å². The molecule has 3 aliphatic rings. The predicted molar refractivity (Wildman–Crippen MR) is 87.0 cm³/mol. The van der Waals surface area contributed by atoms with Crippen LogP contribution < -0.4 is 5.32 Å². The molecule has 3 heterocycles. The second-order valence-electron chi connectivity index (χ2n) is 7.06. The monoisotopic (exact) mass is 323 g/mol. The Bertz CT molecular complexity index is 437. The van der Waals surface area contributed by atoms with E-state index in [-0.39, 0.29) is 17.9 Å². The van der Waals surface area contributed by atoms with E-state index in [2.05, 4.69) is 10.2 Å². The Kier molecular flexibility index (Phi) is 5.54. The zero-order valence-electron chi connectivity index (χ0n) is 14.1. The van der Waals surface area contributed by atoms with Crippen LogP contribution in [0.4, 0.5) is 0 Å². The third-order valence-electron chi connectivity index (χ3n) is 5.50. The average Bonchev–Trinajstić information content (AvgIpc) is 3.16. The molecule has 0 aliphatic carbocycles. The van der Waals surface area contributed by atoms with E-state index in [0.717, 1.165) is 64.8 Å². The number of likely N-dealkylation sites (tertiary alicyclic amines) is 2. The Labute approximate surface area is 138 Å². The highest BCUT2D eigenvalue weighted by molar-refractivity contribution is 5.78. The smallest absolute Gasteiger partial charge is 0.234 e. The molecular formula is C17H29N3O3. The molecule has 3 fully saturated rings. The molecule has 2 amide bonds. The van der Waals surface area contributed by atoms with Crippen molar-refractivity contribution in [3.05, 3.63) is 0 Å². The van der Waals surface area contributed by atoms with Crippen LogP contribution in [-0.2, 0) is 14.3 Å². The summed E-state index contributed by atoms with van der Waals surface area (Å²) in [6.07, 6.45) is 6.20. The second-order valence-corrected chi connectivity index (χ2v) is 7.06. The fraction of sp³-hybridized carbons (Fsp3) is 0.882. The molecule has 3 saturated heterocycles. The van der Waals surface area contributed by atoms with Gasteiger partial charge in [-0.2, -0.15) is 0 Å². The van der Waals surface area contributed by atoms with E-state index < -0.39 is 0 Å². The maximum atomic E-state index is 12.4. The number of nitrogens with one attached hydrogen (secondary N) is 1. The molecule has 0 unspecified atom stereocenters. The van der Waals surface area contributed by atoms with Crippen LogP contribution in [0.25, 0.3) is 0 Å². The van der Waals surface area contributed by atoms with Crippen molar-refractivity contribution in [3.8, 4) is 0 Å². The van der Waals surface area contributed by atoms with Crippen LogP contribution in [0.15, 0.2) is 0 Å². The number of hydrogen-bond donors (Lipinski definition) is 1. The molecule has 23 heavy (non-hydrogen) atoms. The van der Waals surface area contributed by atoms with Gasteiger partial charge in [-0.05, 0) is 45.1 Å². The molecule has 6 heteroatoms. The van der Waals surface area contributed by atoms with Crippen LogP contribution in [0.1, 0.15) is 45.4 Å². The van der Waals surface area contributed by atoms with Crippen molar-refractivity contribution in [1.82, 2.24) is 15.1 Å². The van der Waals surface area contributed by atoms with Gasteiger partial charge in [0.05, 0.1) is 6.54 Å². The lowest BCUT2D eigenvalue weighted by Crippen LogP contribution is -2.51. The third-order valence-corrected chi connectivity index (χ3v) is 5.50. The summed E-state index contributed by atoms with van der Waals surface area (Å²) in [5.41, 5.74) is 0. The summed E-state index contributed by atoms with van der Waals surface area (Å²) in [5, 5.41) is 3.15. The molecule has 6 nitrogen and oxygen atoms in total. The first-order valence-electron chi connectivity index (χ1n) is 9.03. The van der Waals surface area contributed by atoms with Crippen molar-refractivity contribution in [3.63, 3.8) is 0 Å². The van der Waals surface area contributed by atoms with E-state index in [1.807, 2.05) is 4.90 Å². The summed E-state index contributed by atoms with van der Waals surface area (Å²) in [6.45, 7) is 5.45. The van der Waals surface area contributed by atoms with Crippen LogP contribution in [-0.4, -0.2) is 72.6 Å². The maximum Gasteiger partial charge on any atom is 0.234 e. The Morgan fingerprint density at radius 2 is 1.74 bits per heavy atom. The van der Waals surface area contributed by atoms with Gasteiger partial charge in [-0.15, -0.1) is 0 Å². The highest BCUT2D eigenvalue weighted by Gasteiger charge is 2.39. The second kappa shape index (κ2) is 7.62. The minimum absolute atomic E-state index is 0.121. The molecule has 0 aromatic rings. The van der Waals surface area contributed by atoms with Gasteiger partial charge in [0.1, 0.15) is 0 Å². The molecule has 0 bridgehead atoms. The van der Waals surface area contributed by atoms with Gasteiger partial charge in [0.25, 0.3) is 0 Å². The normalized spacial score (nSPS) is 29.9. The number of nitrogens with zero attached hydrogens (tertiary/aromatic N) is 2.